The molecule has 0 bridgehead atoms. The van der Waals surface area contributed by atoms with Crippen LogP contribution in [0.25, 0.3) is 0 Å². The molecule has 0 spiro atoms. The van der Waals surface area contributed by atoms with Gasteiger partial charge in [-0.1, -0.05) is 31.9 Å². The SMILES string of the molecule is CCCCC/C=C/CCC1NC=C[N+]1(CC)CCNC(C)=O. The van der Waals surface area contributed by atoms with Crippen molar-refractivity contribution in [3.8, 4) is 0 Å². The van der Waals surface area contributed by atoms with Crippen LogP contribution < -0.4 is 10.6 Å². The lowest BCUT2D eigenvalue weighted by atomic mass is 10.1. The number of likely N-dealkylation sites (N-methyl/N-ethyl adjacent to an activating group) is 1. The van der Waals surface area contributed by atoms with Gasteiger partial charge in [-0.05, 0) is 26.2 Å². The van der Waals surface area contributed by atoms with Gasteiger partial charge >= 0.3 is 0 Å². The van der Waals surface area contributed by atoms with Gasteiger partial charge in [0.15, 0.2) is 6.17 Å². The maximum absolute atomic E-state index is 11.0. The van der Waals surface area contributed by atoms with Crippen molar-refractivity contribution < 1.29 is 9.28 Å². The number of nitrogens with one attached hydrogen (secondary N) is 2. The van der Waals surface area contributed by atoms with E-state index in [0.717, 1.165) is 37.0 Å². The van der Waals surface area contributed by atoms with Gasteiger partial charge in [-0.3, -0.25) is 9.28 Å². The van der Waals surface area contributed by atoms with Crippen molar-refractivity contribution in [3.05, 3.63) is 24.6 Å². The largest absolute Gasteiger partial charge is 0.351 e. The maximum atomic E-state index is 11.0. The summed E-state index contributed by atoms with van der Waals surface area (Å²) in [5.41, 5.74) is 0. The Hall–Kier alpha value is -1.29. The molecule has 0 saturated heterocycles. The molecule has 4 nitrogen and oxygen atoms in total. The van der Waals surface area contributed by atoms with E-state index in [0.29, 0.717) is 6.17 Å². The quantitative estimate of drug-likeness (QED) is 0.349. The highest BCUT2D eigenvalue weighted by Gasteiger charge is 2.35. The summed E-state index contributed by atoms with van der Waals surface area (Å²) in [5.74, 6) is 0.0527. The highest BCUT2D eigenvalue weighted by Crippen LogP contribution is 2.21. The van der Waals surface area contributed by atoms with Crippen molar-refractivity contribution >= 4 is 5.91 Å². The zero-order chi connectivity index (χ0) is 16.3. The van der Waals surface area contributed by atoms with Crippen molar-refractivity contribution in [2.75, 3.05) is 19.6 Å². The van der Waals surface area contributed by atoms with Crippen LogP contribution >= 0.6 is 0 Å². The molecule has 0 aromatic rings. The Labute approximate surface area is 136 Å². The van der Waals surface area contributed by atoms with E-state index < -0.39 is 0 Å². The first-order valence-corrected chi connectivity index (χ1v) is 8.84. The fourth-order valence-corrected chi connectivity index (χ4v) is 3.05. The number of nitrogens with zero attached hydrogens (tertiary/aromatic N) is 1. The van der Waals surface area contributed by atoms with Crippen molar-refractivity contribution in [3.63, 3.8) is 0 Å². The Morgan fingerprint density at radius 3 is 2.73 bits per heavy atom. The Balaban J connectivity index is 2.35. The topological polar surface area (TPSA) is 41.1 Å². The Kier molecular flexibility index (Phi) is 8.90. The first-order chi connectivity index (χ1) is 10.6. The Morgan fingerprint density at radius 2 is 2.05 bits per heavy atom. The van der Waals surface area contributed by atoms with Crippen molar-refractivity contribution in [1.82, 2.24) is 10.6 Å². The number of amides is 1. The van der Waals surface area contributed by atoms with E-state index in [1.54, 1.807) is 6.92 Å². The van der Waals surface area contributed by atoms with E-state index >= 15 is 0 Å². The Bertz CT molecular complexity index is 379. The van der Waals surface area contributed by atoms with Crippen LogP contribution in [0.5, 0.6) is 0 Å². The summed E-state index contributed by atoms with van der Waals surface area (Å²) in [7, 11) is 0. The molecular weight excluding hydrogens is 274 g/mol. The van der Waals surface area contributed by atoms with Gasteiger partial charge in [-0.25, -0.2) is 0 Å². The molecule has 0 saturated carbocycles. The molecule has 2 atom stereocenters. The van der Waals surface area contributed by atoms with Crippen LogP contribution in [0.4, 0.5) is 0 Å². The summed E-state index contributed by atoms with van der Waals surface area (Å²) in [4.78, 5) is 11.0. The van der Waals surface area contributed by atoms with Crippen LogP contribution in [-0.4, -0.2) is 36.2 Å². The molecule has 2 N–H and O–H groups in total. The number of allylic oxidation sites excluding steroid dienone is 2. The predicted molar refractivity (Wildman–Crippen MR) is 92.9 cm³/mol. The molecule has 1 amide bonds. The predicted octanol–water partition coefficient (Wildman–Crippen LogP) is 3.28. The summed E-state index contributed by atoms with van der Waals surface area (Å²) < 4.78 is 0.921. The molecule has 4 heteroatoms. The van der Waals surface area contributed by atoms with E-state index in [9.17, 15) is 4.79 Å². The van der Waals surface area contributed by atoms with Gasteiger partial charge in [0, 0.05) is 13.3 Å². The van der Waals surface area contributed by atoms with Crippen molar-refractivity contribution in [2.45, 2.75) is 65.5 Å². The minimum Gasteiger partial charge on any atom is -0.351 e. The van der Waals surface area contributed by atoms with Crippen LogP contribution in [0.3, 0.4) is 0 Å². The van der Waals surface area contributed by atoms with Crippen LogP contribution in [0, 0.1) is 0 Å². The number of carbonyl (C=O) groups is 1. The lowest BCUT2D eigenvalue weighted by Crippen LogP contribution is -2.55. The van der Waals surface area contributed by atoms with Gasteiger partial charge in [-0.15, -0.1) is 0 Å². The number of rotatable bonds is 11. The zero-order valence-corrected chi connectivity index (χ0v) is 14.6. The highest BCUT2D eigenvalue weighted by molar-refractivity contribution is 5.72. The van der Waals surface area contributed by atoms with Crippen LogP contribution in [0.1, 0.15) is 59.3 Å². The minimum atomic E-state index is 0.0527. The number of quaternary nitrogens is 1. The lowest BCUT2D eigenvalue weighted by molar-refractivity contribution is -0.898. The number of hydrogen-bond donors (Lipinski definition) is 2. The molecule has 0 aromatic carbocycles. The Morgan fingerprint density at radius 1 is 1.27 bits per heavy atom. The minimum absolute atomic E-state index is 0.0527. The second-order valence-corrected chi connectivity index (χ2v) is 6.17. The molecule has 1 aliphatic heterocycles. The van der Waals surface area contributed by atoms with Crippen LogP contribution in [0.2, 0.25) is 0 Å². The molecule has 0 fully saturated rings. The number of carbonyl (C=O) groups excluding carboxylic acids is 1. The van der Waals surface area contributed by atoms with E-state index in [2.05, 4.69) is 49.0 Å². The third kappa shape index (κ3) is 6.22. The van der Waals surface area contributed by atoms with E-state index in [1.165, 1.54) is 25.7 Å². The summed E-state index contributed by atoms with van der Waals surface area (Å²) in [5, 5.41) is 6.41. The monoisotopic (exact) mass is 308 g/mol. The normalized spacial score (nSPS) is 23.9. The standard InChI is InChI=1S/C18H33N3O/c1-4-6-7-8-9-10-11-12-18-20-14-16-21(18,5-2)15-13-19-17(3)22/h9-10,14,16,18,20H,4-8,11-13,15H2,1-3H3/p+1/b10-9+. The maximum Gasteiger partial charge on any atom is 0.217 e. The van der Waals surface area contributed by atoms with Crippen molar-refractivity contribution in [2.24, 2.45) is 0 Å². The van der Waals surface area contributed by atoms with Crippen LogP contribution in [-0.2, 0) is 4.79 Å². The zero-order valence-electron chi connectivity index (χ0n) is 14.6. The molecule has 1 aliphatic rings. The summed E-state index contributed by atoms with van der Waals surface area (Å²) in [6.07, 6.45) is 16.8. The van der Waals surface area contributed by atoms with Gasteiger partial charge in [0.25, 0.3) is 0 Å². The smallest absolute Gasteiger partial charge is 0.217 e. The molecule has 22 heavy (non-hydrogen) atoms. The lowest BCUT2D eigenvalue weighted by Gasteiger charge is -2.37. The molecule has 1 rings (SSSR count). The van der Waals surface area contributed by atoms with E-state index in [1.807, 2.05) is 0 Å². The molecule has 126 valence electrons. The molecule has 0 aromatic heterocycles. The van der Waals surface area contributed by atoms with Crippen molar-refractivity contribution in [1.29, 1.82) is 0 Å². The average Bonchev–Trinajstić information content (AvgIpc) is 2.89. The van der Waals surface area contributed by atoms with E-state index in [-0.39, 0.29) is 5.91 Å². The average molecular weight is 308 g/mol. The summed E-state index contributed by atoms with van der Waals surface area (Å²) in [6, 6.07) is 0. The van der Waals surface area contributed by atoms with Gasteiger partial charge in [0.2, 0.25) is 5.91 Å². The fraction of sp³-hybridized carbons (Fsp3) is 0.722. The third-order valence-electron chi connectivity index (χ3n) is 4.52. The third-order valence-corrected chi connectivity index (χ3v) is 4.52. The second-order valence-electron chi connectivity index (χ2n) is 6.17. The van der Waals surface area contributed by atoms with E-state index in [4.69, 9.17) is 0 Å². The first-order valence-electron chi connectivity index (χ1n) is 8.84. The first kappa shape index (κ1) is 18.8. The van der Waals surface area contributed by atoms with Gasteiger partial charge in [0.05, 0.1) is 19.3 Å². The number of hydrogen-bond acceptors (Lipinski definition) is 2. The second kappa shape index (κ2) is 10.4. The summed E-state index contributed by atoms with van der Waals surface area (Å²) in [6.45, 7) is 8.77. The molecule has 2 unspecified atom stereocenters. The molecule has 1 heterocycles. The van der Waals surface area contributed by atoms with Crippen LogP contribution in [0.15, 0.2) is 24.6 Å². The molecule has 0 radical (unpaired) electrons. The molecule has 0 aliphatic carbocycles. The molecular formula is C18H34N3O+. The highest BCUT2D eigenvalue weighted by atomic mass is 16.1. The van der Waals surface area contributed by atoms with Gasteiger partial charge < -0.3 is 10.6 Å². The van der Waals surface area contributed by atoms with Gasteiger partial charge in [-0.2, -0.15) is 0 Å². The summed E-state index contributed by atoms with van der Waals surface area (Å²) >= 11 is 0. The number of unbranched alkanes of at least 4 members (excludes halogenated alkanes) is 3. The van der Waals surface area contributed by atoms with Gasteiger partial charge in [0.1, 0.15) is 12.7 Å². The fourth-order valence-electron chi connectivity index (χ4n) is 3.05.